The van der Waals surface area contributed by atoms with Crippen molar-refractivity contribution in [2.45, 2.75) is 13.5 Å². The highest BCUT2D eigenvalue weighted by atomic mass is 16.5. The molecule has 0 unspecified atom stereocenters. The average molecular weight is 224 g/mol. The van der Waals surface area contributed by atoms with Gasteiger partial charge in [-0.1, -0.05) is 0 Å². The van der Waals surface area contributed by atoms with Crippen LogP contribution in [0.5, 0.6) is 0 Å². The van der Waals surface area contributed by atoms with Gasteiger partial charge < -0.3 is 10.1 Å². The minimum Gasteiger partial charge on any atom is -0.383 e. The van der Waals surface area contributed by atoms with Gasteiger partial charge in [-0.25, -0.2) is 9.97 Å². The fourth-order valence-electron chi connectivity index (χ4n) is 1.40. The fraction of sp³-hybridized carbons (Fsp3) is 0.636. The minimum absolute atomic E-state index is 0.723. The van der Waals surface area contributed by atoms with E-state index in [0.717, 1.165) is 37.0 Å². The van der Waals surface area contributed by atoms with Crippen LogP contribution >= 0.6 is 0 Å². The lowest BCUT2D eigenvalue weighted by molar-refractivity contribution is 0.157. The summed E-state index contributed by atoms with van der Waals surface area (Å²) in [5, 5.41) is 3.03. The Hall–Kier alpha value is -1.20. The zero-order valence-corrected chi connectivity index (χ0v) is 10.4. The van der Waals surface area contributed by atoms with E-state index in [1.807, 2.05) is 27.1 Å². The lowest BCUT2D eigenvalue weighted by atomic mass is 10.4. The molecule has 0 atom stereocenters. The SMILES string of the molecule is CNc1cc(C)nc(CN(C)CCOC)n1. The third-order valence-corrected chi connectivity index (χ3v) is 2.25. The molecule has 1 aromatic rings. The summed E-state index contributed by atoms with van der Waals surface area (Å²) in [6.45, 7) is 4.31. The van der Waals surface area contributed by atoms with Crippen LogP contribution in [0.2, 0.25) is 0 Å². The number of hydrogen-bond acceptors (Lipinski definition) is 5. The number of nitrogens with zero attached hydrogens (tertiary/aromatic N) is 3. The molecule has 0 bridgehead atoms. The van der Waals surface area contributed by atoms with Crippen LogP contribution in [0.3, 0.4) is 0 Å². The highest BCUT2D eigenvalue weighted by molar-refractivity contribution is 5.34. The number of anilines is 1. The molecule has 0 spiro atoms. The predicted octanol–water partition coefficient (Wildman–Crippen LogP) is 0.905. The Balaban J connectivity index is 2.61. The summed E-state index contributed by atoms with van der Waals surface area (Å²) < 4.78 is 5.02. The molecule has 0 saturated carbocycles. The van der Waals surface area contributed by atoms with Crippen LogP contribution < -0.4 is 5.32 Å². The van der Waals surface area contributed by atoms with Gasteiger partial charge in [0.1, 0.15) is 11.6 Å². The van der Waals surface area contributed by atoms with Crippen LogP contribution in [0.4, 0.5) is 5.82 Å². The number of ether oxygens (including phenoxy) is 1. The fourth-order valence-corrected chi connectivity index (χ4v) is 1.40. The van der Waals surface area contributed by atoms with Gasteiger partial charge in [0.2, 0.25) is 0 Å². The van der Waals surface area contributed by atoms with E-state index in [1.54, 1.807) is 7.11 Å². The highest BCUT2D eigenvalue weighted by Gasteiger charge is 2.04. The molecule has 0 aliphatic rings. The van der Waals surface area contributed by atoms with Crippen molar-refractivity contribution in [2.24, 2.45) is 0 Å². The molecular weight excluding hydrogens is 204 g/mol. The van der Waals surface area contributed by atoms with Gasteiger partial charge in [0.05, 0.1) is 13.2 Å². The zero-order chi connectivity index (χ0) is 12.0. The normalized spacial score (nSPS) is 10.8. The maximum atomic E-state index is 5.02. The quantitative estimate of drug-likeness (QED) is 0.778. The van der Waals surface area contributed by atoms with Crippen LogP contribution in [0.25, 0.3) is 0 Å². The van der Waals surface area contributed by atoms with Gasteiger partial charge in [0, 0.05) is 32.5 Å². The van der Waals surface area contributed by atoms with Crippen LogP contribution in [-0.4, -0.2) is 49.2 Å². The van der Waals surface area contributed by atoms with Gasteiger partial charge in [0.25, 0.3) is 0 Å². The smallest absolute Gasteiger partial charge is 0.144 e. The molecule has 16 heavy (non-hydrogen) atoms. The molecule has 0 aliphatic carbocycles. The summed E-state index contributed by atoms with van der Waals surface area (Å²) in [6, 6.07) is 1.93. The minimum atomic E-state index is 0.723. The number of methoxy groups -OCH3 is 1. The predicted molar refractivity (Wildman–Crippen MR) is 64.5 cm³/mol. The molecule has 0 saturated heterocycles. The van der Waals surface area contributed by atoms with E-state index in [9.17, 15) is 0 Å². The van der Waals surface area contributed by atoms with Crippen molar-refractivity contribution in [1.82, 2.24) is 14.9 Å². The van der Waals surface area contributed by atoms with Crippen molar-refractivity contribution in [3.63, 3.8) is 0 Å². The second-order valence-corrected chi connectivity index (χ2v) is 3.79. The maximum absolute atomic E-state index is 5.02. The summed E-state index contributed by atoms with van der Waals surface area (Å²) in [7, 11) is 5.60. The number of nitrogens with one attached hydrogen (secondary N) is 1. The van der Waals surface area contributed by atoms with E-state index in [0.29, 0.717) is 0 Å². The maximum Gasteiger partial charge on any atom is 0.144 e. The molecule has 0 fully saturated rings. The van der Waals surface area contributed by atoms with Crippen molar-refractivity contribution in [2.75, 3.05) is 39.7 Å². The molecule has 90 valence electrons. The number of aromatic nitrogens is 2. The lowest BCUT2D eigenvalue weighted by Gasteiger charge is -2.15. The van der Waals surface area contributed by atoms with E-state index in [1.165, 1.54) is 0 Å². The zero-order valence-electron chi connectivity index (χ0n) is 10.4. The highest BCUT2D eigenvalue weighted by Crippen LogP contribution is 2.06. The lowest BCUT2D eigenvalue weighted by Crippen LogP contribution is -2.23. The number of rotatable bonds is 6. The Labute approximate surface area is 96.8 Å². The molecule has 0 amide bonds. The van der Waals surface area contributed by atoms with Crippen molar-refractivity contribution in [3.05, 3.63) is 17.6 Å². The molecule has 0 aliphatic heterocycles. The van der Waals surface area contributed by atoms with Crippen molar-refractivity contribution < 1.29 is 4.74 Å². The van der Waals surface area contributed by atoms with Crippen molar-refractivity contribution in [1.29, 1.82) is 0 Å². The van der Waals surface area contributed by atoms with Crippen LogP contribution in [0.15, 0.2) is 6.07 Å². The molecule has 1 rings (SSSR count). The average Bonchev–Trinajstić information content (AvgIpc) is 2.25. The van der Waals surface area contributed by atoms with Crippen LogP contribution in [-0.2, 0) is 11.3 Å². The van der Waals surface area contributed by atoms with Gasteiger partial charge in [-0.05, 0) is 14.0 Å². The summed E-state index contributed by atoms with van der Waals surface area (Å²) in [5.41, 5.74) is 0.981. The van der Waals surface area contributed by atoms with E-state index in [2.05, 4.69) is 20.2 Å². The summed E-state index contributed by atoms with van der Waals surface area (Å²) in [4.78, 5) is 10.9. The number of hydrogen-bond donors (Lipinski definition) is 1. The monoisotopic (exact) mass is 224 g/mol. The first kappa shape index (κ1) is 12.9. The second kappa shape index (κ2) is 6.40. The first-order chi connectivity index (χ1) is 7.65. The van der Waals surface area contributed by atoms with Crippen LogP contribution in [0, 0.1) is 6.92 Å². The van der Waals surface area contributed by atoms with Crippen molar-refractivity contribution >= 4 is 5.82 Å². The molecule has 0 aromatic carbocycles. The van der Waals surface area contributed by atoms with E-state index >= 15 is 0 Å². The van der Waals surface area contributed by atoms with Gasteiger partial charge >= 0.3 is 0 Å². The van der Waals surface area contributed by atoms with Crippen LogP contribution in [0.1, 0.15) is 11.5 Å². The Morgan fingerprint density at radius 1 is 1.44 bits per heavy atom. The summed E-state index contributed by atoms with van der Waals surface area (Å²) in [6.07, 6.45) is 0. The van der Waals surface area contributed by atoms with Crippen molar-refractivity contribution in [3.8, 4) is 0 Å². The Bertz CT molecular complexity index is 330. The van der Waals surface area contributed by atoms with E-state index in [4.69, 9.17) is 4.74 Å². The molecule has 5 nitrogen and oxygen atoms in total. The third kappa shape index (κ3) is 4.12. The topological polar surface area (TPSA) is 50.3 Å². The van der Waals surface area contributed by atoms with E-state index in [-0.39, 0.29) is 0 Å². The molecule has 1 heterocycles. The van der Waals surface area contributed by atoms with E-state index < -0.39 is 0 Å². The van der Waals surface area contributed by atoms with Gasteiger partial charge in [-0.3, -0.25) is 4.90 Å². The second-order valence-electron chi connectivity index (χ2n) is 3.79. The molecule has 1 aromatic heterocycles. The molecular formula is C11H20N4O. The largest absolute Gasteiger partial charge is 0.383 e. The first-order valence-electron chi connectivity index (χ1n) is 5.35. The summed E-state index contributed by atoms with van der Waals surface area (Å²) in [5.74, 6) is 1.70. The Morgan fingerprint density at radius 2 is 2.19 bits per heavy atom. The Morgan fingerprint density at radius 3 is 2.81 bits per heavy atom. The summed E-state index contributed by atoms with van der Waals surface area (Å²) >= 11 is 0. The Kier molecular flexibility index (Phi) is 5.14. The van der Waals surface area contributed by atoms with Gasteiger partial charge in [-0.2, -0.15) is 0 Å². The number of likely N-dealkylation sites (N-methyl/N-ethyl adjacent to an activating group) is 1. The standard InChI is InChI=1S/C11H20N4O/c1-9-7-10(12-2)14-11(13-9)8-15(3)5-6-16-4/h7H,5-6,8H2,1-4H3,(H,12,13,14). The molecule has 5 heteroatoms. The first-order valence-corrected chi connectivity index (χ1v) is 5.35. The molecule has 1 N–H and O–H groups in total. The number of aryl methyl sites for hydroxylation is 1. The third-order valence-electron chi connectivity index (χ3n) is 2.25. The van der Waals surface area contributed by atoms with Gasteiger partial charge in [-0.15, -0.1) is 0 Å². The van der Waals surface area contributed by atoms with Gasteiger partial charge in [0.15, 0.2) is 0 Å². The molecule has 0 radical (unpaired) electrons.